The molecule has 0 saturated carbocycles. The van der Waals surface area contributed by atoms with Gasteiger partial charge in [-0.25, -0.2) is 4.79 Å². The van der Waals surface area contributed by atoms with E-state index < -0.39 is 12.1 Å². The Labute approximate surface area is 55.3 Å². The Morgan fingerprint density at radius 1 is 1.67 bits per heavy atom. The number of aliphatic hydroxyl groups excluding tert-OH is 1. The molecule has 3 heteroatoms. The topological polar surface area (TPSA) is 57.5 Å². The zero-order valence-corrected chi connectivity index (χ0v) is 5.29. The average molecular weight is 130 g/mol. The summed E-state index contributed by atoms with van der Waals surface area (Å²) >= 11 is 0. The van der Waals surface area contributed by atoms with Gasteiger partial charge in [-0.05, 0) is 6.42 Å². The van der Waals surface area contributed by atoms with Crippen LogP contribution in [0.25, 0.3) is 0 Å². The standard InChI is InChI=1S/C5H10O3.C/c1-2-3-4(6)5(7)8;/h4,6H,2-3H2,1H3,(H,7,8);. The molecule has 0 amide bonds. The zero-order chi connectivity index (χ0) is 6.57. The molecule has 0 aromatic heterocycles. The van der Waals surface area contributed by atoms with Crippen LogP contribution in [0.15, 0.2) is 0 Å². The van der Waals surface area contributed by atoms with Gasteiger partial charge in [-0.15, -0.1) is 0 Å². The van der Waals surface area contributed by atoms with E-state index in [0.717, 1.165) is 0 Å². The molecule has 1 unspecified atom stereocenters. The molecule has 0 rings (SSSR count). The van der Waals surface area contributed by atoms with Crippen molar-refractivity contribution in [3.05, 3.63) is 7.43 Å². The highest BCUT2D eigenvalue weighted by Crippen LogP contribution is 1.93. The van der Waals surface area contributed by atoms with Crippen molar-refractivity contribution in [1.29, 1.82) is 0 Å². The lowest BCUT2D eigenvalue weighted by molar-refractivity contribution is -0.146. The van der Waals surface area contributed by atoms with Crippen LogP contribution in [0.2, 0.25) is 0 Å². The van der Waals surface area contributed by atoms with E-state index in [2.05, 4.69) is 0 Å². The van der Waals surface area contributed by atoms with E-state index >= 15 is 0 Å². The largest absolute Gasteiger partial charge is 0.479 e. The zero-order valence-electron chi connectivity index (χ0n) is 5.29. The van der Waals surface area contributed by atoms with Gasteiger partial charge in [0.1, 0.15) is 0 Å². The summed E-state index contributed by atoms with van der Waals surface area (Å²) in [6.07, 6.45) is -0.122. The van der Waals surface area contributed by atoms with Gasteiger partial charge >= 0.3 is 5.97 Å². The third-order valence-electron chi connectivity index (χ3n) is 0.847. The molecule has 0 aliphatic carbocycles. The van der Waals surface area contributed by atoms with Crippen LogP contribution in [-0.4, -0.2) is 22.3 Å². The number of aliphatic hydroxyl groups is 1. The van der Waals surface area contributed by atoms with Crippen molar-refractivity contribution in [2.75, 3.05) is 0 Å². The fourth-order valence-corrected chi connectivity index (χ4v) is 0.397. The molecular weight excluding hydrogens is 120 g/mol. The first kappa shape index (κ1) is 11.3. The predicted octanol–water partition coefficient (Wildman–Crippen LogP) is 0.313. The van der Waals surface area contributed by atoms with Crippen LogP contribution in [0, 0.1) is 7.43 Å². The Morgan fingerprint density at radius 2 is 2.11 bits per heavy atom. The minimum Gasteiger partial charge on any atom is -0.479 e. The number of carboxylic acids is 1. The van der Waals surface area contributed by atoms with Crippen molar-refractivity contribution in [2.24, 2.45) is 0 Å². The first-order valence-corrected chi connectivity index (χ1v) is 2.59. The third kappa shape index (κ3) is 5.30. The van der Waals surface area contributed by atoms with Gasteiger partial charge in [0, 0.05) is 7.43 Å². The van der Waals surface area contributed by atoms with Crippen molar-refractivity contribution in [2.45, 2.75) is 25.9 Å². The molecule has 0 fully saturated rings. The maximum atomic E-state index is 9.84. The summed E-state index contributed by atoms with van der Waals surface area (Å²) in [5, 5.41) is 16.6. The molecule has 0 aliphatic heterocycles. The molecule has 0 heterocycles. The van der Waals surface area contributed by atoms with E-state index in [1.54, 1.807) is 0 Å². The summed E-state index contributed by atoms with van der Waals surface area (Å²) in [5.74, 6) is -1.13. The van der Waals surface area contributed by atoms with Crippen LogP contribution in [0.5, 0.6) is 0 Å². The summed E-state index contributed by atoms with van der Waals surface area (Å²) in [6.45, 7) is 1.83. The van der Waals surface area contributed by atoms with Gasteiger partial charge < -0.3 is 10.2 Å². The molecule has 1 atom stereocenters. The van der Waals surface area contributed by atoms with E-state index in [0.29, 0.717) is 12.8 Å². The van der Waals surface area contributed by atoms with Crippen LogP contribution < -0.4 is 0 Å². The van der Waals surface area contributed by atoms with Crippen LogP contribution in [0.3, 0.4) is 0 Å². The summed E-state index contributed by atoms with van der Waals surface area (Å²) in [4.78, 5) is 9.84. The molecule has 4 radical (unpaired) electrons. The quantitative estimate of drug-likeness (QED) is 0.578. The molecule has 0 saturated heterocycles. The summed E-state index contributed by atoms with van der Waals surface area (Å²) in [7, 11) is 0. The number of aliphatic carboxylic acids is 1. The van der Waals surface area contributed by atoms with Crippen molar-refractivity contribution in [1.82, 2.24) is 0 Å². The smallest absolute Gasteiger partial charge is 0.332 e. The molecule has 2 N–H and O–H groups in total. The molecule has 9 heavy (non-hydrogen) atoms. The Balaban J connectivity index is 0. The first-order chi connectivity index (χ1) is 3.68. The molecule has 52 valence electrons. The van der Waals surface area contributed by atoms with Crippen molar-refractivity contribution in [3.63, 3.8) is 0 Å². The van der Waals surface area contributed by atoms with Gasteiger partial charge in [0.2, 0.25) is 0 Å². The van der Waals surface area contributed by atoms with Crippen molar-refractivity contribution >= 4 is 5.97 Å². The van der Waals surface area contributed by atoms with Crippen LogP contribution in [0.1, 0.15) is 19.8 Å². The molecule has 0 aromatic carbocycles. The Kier molecular flexibility index (Phi) is 6.96. The minimum atomic E-state index is -1.17. The van der Waals surface area contributed by atoms with E-state index in [1.807, 2.05) is 6.92 Å². The molecule has 0 spiro atoms. The van der Waals surface area contributed by atoms with E-state index in [-0.39, 0.29) is 7.43 Å². The SMILES string of the molecule is CCCC(O)C(=O)O.[C]. The summed E-state index contributed by atoms with van der Waals surface area (Å²) < 4.78 is 0. The van der Waals surface area contributed by atoms with E-state index in [4.69, 9.17) is 10.2 Å². The maximum absolute atomic E-state index is 9.84. The summed E-state index contributed by atoms with van der Waals surface area (Å²) in [5.41, 5.74) is 0. The summed E-state index contributed by atoms with van der Waals surface area (Å²) in [6, 6.07) is 0. The highest BCUT2D eigenvalue weighted by Gasteiger charge is 2.09. The van der Waals surface area contributed by atoms with Gasteiger partial charge in [0.05, 0.1) is 0 Å². The average Bonchev–Trinajstić information content (AvgIpc) is 1.67. The lowest BCUT2D eigenvalue weighted by atomic mass is 10.2. The normalized spacial score (nSPS) is 11.8. The maximum Gasteiger partial charge on any atom is 0.332 e. The Morgan fingerprint density at radius 3 is 2.22 bits per heavy atom. The number of hydrogen-bond donors (Lipinski definition) is 2. The second kappa shape index (κ2) is 5.56. The highest BCUT2D eigenvalue weighted by atomic mass is 16.4. The fourth-order valence-electron chi connectivity index (χ4n) is 0.397. The predicted molar refractivity (Wildman–Crippen MR) is 31.8 cm³/mol. The van der Waals surface area contributed by atoms with Gasteiger partial charge in [-0.3, -0.25) is 0 Å². The minimum absolute atomic E-state index is 0. The number of rotatable bonds is 3. The fraction of sp³-hybridized carbons (Fsp3) is 0.667. The Hall–Kier alpha value is -0.570. The first-order valence-electron chi connectivity index (χ1n) is 2.59. The van der Waals surface area contributed by atoms with Crippen molar-refractivity contribution < 1.29 is 15.0 Å². The van der Waals surface area contributed by atoms with Gasteiger partial charge in [0.25, 0.3) is 0 Å². The van der Waals surface area contributed by atoms with Crippen LogP contribution in [-0.2, 0) is 4.79 Å². The lowest BCUT2D eigenvalue weighted by Crippen LogP contribution is -2.18. The second-order valence-corrected chi connectivity index (χ2v) is 1.64. The molecule has 0 aliphatic rings. The van der Waals surface area contributed by atoms with E-state index in [1.165, 1.54) is 0 Å². The van der Waals surface area contributed by atoms with Gasteiger partial charge in [-0.2, -0.15) is 0 Å². The number of hydrogen-bond acceptors (Lipinski definition) is 2. The van der Waals surface area contributed by atoms with Crippen LogP contribution >= 0.6 is 0 Å². The lowest BCUT2D eigenvalue weighted by Gasteiger charge is -1.99. The molecule has 3 nitrogen and oxygen atoms in total. The van der Waals surface area contributed by atoms with Gasteiger partial charge in [-0.1, -0.05) is 13.3 Å². The third-order valence-corrected chi connectivity index (χ3v) is 0.847. The molecule has 0 bridgehead atoms. The molecule has 0 aromatic rings. The van der Waals surface area contributed by atoms with Crippen LogP contribution in [0.4, 0.5) is 0 Å². The molecular formula is C6H10O3. The monoisotopic (exact) mass is 130 g/mol. The Bertz CT molecular complexity index is 80.4. The van der Waals surface area contributed by atoms with E-state index in [9.17, 15) is 4.79 Å². The number of carboxylic acid groups (broad SMARTS) is 1. The number of carbonyl (C=O) groups is 1. The van der Waals surface area contributed by atoms with Gasteiger partial charge in [0.15, 0.2) is 6.10 Å². The highest BCUT2D eigenvalue weighted by molar-refractivity contribution is 5.71. The second-order valence-electron chi connectivity index (χ2n) is 1.64. The van der Waals surface area contributed by atoms with Crippen molar-refractivity contribution in [3.8, 4) is 0 Å².